The second-order valence-electron chi connectivity index (χ2n) is 4.21. The maximum absolute atomic E-state index is 12.1. The van der Waals surface area contributed by atoms with E-state index in [9.17, 15) is 4.79 Å². The molecule has 0 aliphatic rings. The Morgan fingerprint density at radius 2 is 2.24 bits per heavy atom. The van der Waals surface area contributed by atoms with Gasteiger partial charge in [-0.05, 0) is 27.2 Å². The fraction of sp³-hybridized carbons (Fsp3) is 0.667. The van der Waals surface area contributed by atoms with Crippen LogP contribution in [0, 0.1) is 0 Å². The molecule has 0 amide bonds. The van der Waals surface area contributed by atoms with Crippen LogP contribution in [0.3, 0.4) is 0 Å². The molecule has 0 fully saturated rings. The van der Waals surface area contributed by atoms with Gasteiger partial charge < -0.3 is 14.6 Å². The van der Waals surface area contributed by atoms with Gasteiger partial charge in [-0.3, -0.25) is 4.79 Å². The molecule has 5 heteroatoms. The van der Waals surface area contributed by atoms with E-state index < -0.39 is 0 Å². The topological polar surface area (TPSA) is 58.4 Å². The molecule has 0 aliphatic heterocycles. The summed E-state index contributed by atoms with van der Waals surface area (Å²) in [6.07, 6.45) is 3.98. The van der Waals surface area contributed by atoms with Gasteiger partial charge in [0.25, 0.3) is 5.56 Å². The lowest BCUT2D eigenvalue weighted by molar-refractivity contribution is 0.288. The molecule has 0 bridgehead atoms. The van der Waals surface area contributed by atoms with E-state index in [2.05, 4.69) is 4.98 Å². The molecule has 0 saturated carbocycles. The fourth-order valence-electron chi connectivity index (χ4n) is 1.73. The number of hydrogen-bond donors (Lipinski definition) is 1. The molecule has 0 aliphatic carbocycles. The molecule has 0 atom stereocenters. The normalized spacial score (nSPS) is 10.9. The Morgan fingerprint density at radius 1 is 1.53 bits per heavy atom. The molecule has 0 radical (unpaired) electrons. The Hall–Kier alpha value is -1.36. The smallest absolute Gasteiger partial charge is 0.293 e. The summed E-state index contributed by atoms with van der Waals surface area (Å²) in [6, 6.07) is 0.189. The zero-order chi connectivity index (χ0) is 12.8. The first-order chi connectivity index (χ1) is 8.11. The summed E-state index contributed by atoms with van der Waals surface area (Å²) in [7, 11) is 0. The van der Waals surface area contributed by atoms with E-state index >= 15 is 0 Å². The van der Waals surface area contributed by atoms with E-state index in [-0.39, 0.29) is 18.2 Å². The highest BCUT2D eigenvalue weighted by atomic mass is 16.3. The van der Waals surface area contributed by atoms with E-state index in [1.54, 1.807) is 17.0 Å². The molecule has 96 valence electrons. The van der Waals surface area contributed by atoms with Crippen molar-refractivity contribution in [3.8, 4) is 0 Å². The number of hydrogen-bond acceptors (Lipinski definition) is 4. The second kappa shape index (κ2) is 6.39. The zero-order valence-corrected chi connectivity index (χ0v) is 10.8. The standard InChI is InChI=1S/C12H21N3O2/c1-4-14-8-6-13-11(12(14)17)15(10(2)3)7-5-9-16/h6,8,10,16H,4-5,7,9H2,1-3H3. The minimum atomic E-state index is -0.0679. The van der Waals surface area contributed by atoms with Crippen LogP contribution in [0.2, 0.25) is 0 Å². The van der Waals surface area contributed by atoms with Gasteiger partial charge in [-0.15, -0.1) is 0 Å². The number of aliphatic hydroxyl groups is 1. The van der Waals surface area contributed by atoms with Gasteiger partial charge in [0.15, 0.2) is 5.82 Å². The highest BCUT2D eigenvalue weighted by Crippen LogP contribution is 2.09. The number of aliphatic hydroxyl groups excluding tert-OH is 1. The summed E-state index contributed by atoms with van der Waals surface area (Å²) < 4.78 is 1.64. The summed E-state index contributed by atoms with van der Waals surface area (Å²) in [5.41, 5.74) is -0.0679. The van der Waals surface area contributed by atoms with Crippen LogP contribution in [-0.2, 0) is 6.54 Å². The average Bonchev–Trinajstić information content (AvgIpc) is 2.31. The minimum absolute atomic E-state index is 0.0679. The van der Waals surface area contributed by atoms with Crippen molar-refractivity contribution in [2.45, 2.75) is 39.8 Å². The van der Waals surface area contributed by atoms with Crippen molar-refractivity contribution in [2.75, 3.05) is 18.1 Å². The Morgan fingerprint density at radius 3 is 2.76 bits per heavy atom. The molecular formula is C12H21N3O2. The Kier molecular flexibility index (Phi) is 5.15. The number of aryl methyl sites for hydroxylation is 1. The van der Waals surface area contributed by atoms with E-state index in [4.69, 9.17) is 5.11 Å². The minimum Gasteiger partial charge on any atom is -0.396 e. The molecule has 0 aromatic carbocycles. The van der Waals surface area contributed by atoms with Crippen LogP contribution in [0.15, 0.2) is 17.2 Å². The second-order valence-corrected chi connectivity index (χ2v) is 4.21. The van der Waals surface area contributed by atoms with Crippen molar-refractivity contribution in [1.29, 1.82) is 0 Å². The van der Waals surface area contributed by atoms with Crippen LogP contribution in [0.1, 0.15) is 27.2 Å². The van der Waals surface area contributed by atoms with Gasteiger partial charge in [0.05, 0.1) is 0 Å². The van der Waals surface area contributed by atoms with Gasteiger partial charge in [0.1, 0.15) is 0 Å². The summed E-state index contributed by atoms with van der Waals surface area (Å²) in [5, 5.41) is 8.88. The third kappa shape index (κ3) is 3.30. The molecule has 17 heavy (non-hydrogen) atoms. The number of rotatable bonds is 6. The predicted octanol–water partition coefficient (Wildman–Crippen LogP) is 0.860. The molecule has 1 heterocycles. The van der Waals surface area contributed by atoms with Crippen LogP contribution in [0.5, 0.6) is 0 Å². The molecule has 1 rings (SSSR count). The molecular weight excluding hydrogens is 218 g/mol. The molecule has 5 nitrogen and oxygen atoms in total. The predicted molar refractivity (Wildman–Crippen MR) is 68.4 cm³/mol. The molecule has 1 aromatic heterocycles. The van der Waals surface area contributed by atoms with E-state index in [1.807, 2.05) is 25.7 Å². The first-order valence-electron chi connectivity index (χ1n) is 6.04. The number of nitrogens with zero attached hydrogens (tertiary/aromatic N) is 3. The van der Waals surface area contributed by atoms with Gasteiger partial charge in [-0.25, -0.2) is 4.98 Å². The van der Waals surface area contributed by atoms with Gasteiger partial charge in [0, 0.05) is 38.1 Å². The van der Waals surface area contributed by atoms with Crippen molar-refractivity contribution in [3.63, 3.8) is 0 Å². The van der Waals surface area contributed by atoms with Crippen LogP contribution in [-0.4, -0.2) is 33.9 Å². The largest absolute Gasteiger partial charge is 0.396 e. The van der Waals surface area contributed by atoms with Crippen LogP contribution >= 0.6 is 0 Å². The average molecular weight is 239 g/mol. The highest BCUT2D eigenvalue weighted by Gasteiger charge is 2.15. The van der Waals surface area contributed by atoms with Crippen LogP contribution in [0.4, 0.5) is 5.82 Å². The molecule has 0 saturated heterocycles. The van der Waals surface area contributed by atoms with Gasteiger partial charge in [-0.1, -0.05) is 0 Å². The summed E-state index contributed by atoms with van der Waals surface area (Å²) in [4.78, 5) is 18.2. The number of anilines is 1. The fourth-order valence-corrected chi connectivity index (χ4v) is 1.73. The molecule has 0 unspecified atom stereocenters. The SMILES string of the molecule is CCn1ccnc(N(CCCO)C(C)C)c1=O. The summed E-state index contributed by atoms with van der Waals surface area (Å²) >= 11 is 0. The van der Waals surface area contributed by atoms with Crippen molar-refractivity contribution in [3.05, 3.63) is 22.7 Å². The van der Waals surface area contributed by atoms with E-state index in [0.717, 1.165) is 0 Å². The van der Waals surface area contributed by atoms with Crippen molar-refractivity contribution >= 4 is 5.82 Å². The Bertz CT molecular complexity index is 401. The number of aromatic nitrogens is 2. The van der Waals surface area contributed by atoms with Crippen molar-refractivity contribution in [2.24, 2.45) is 0 Å². The van der Waals surface area contributed by atoms with Gasteiger partial charge >= 0.3 is 0 Å². The Labute approximate surface area is 102 Å². The molecule has 0 spiro atoms. The van der Waals surface area contributed by atoms with E-state index in [1.165, 1.54) is 0 Å². The molecule has 1 N–H and O–H groups in total. The maximum atomic E-state index is 12.1. The van der Waals surface area contributed by atoms with Crippen molar-refractivity contribution < 1.29 is 5.11 Å². The van der Waals surface area contributed by atoms with E-state index in [0.29, 0.717) is 25.3 Å². The summed E-state index contributed by atoms with van der Waals surface area (Å²) in [6.45, 7) is 7.37. The highest BCUT2D eigenvalue weighted by molar-refractivity contribution is 5.36. The van der Waals surface area contributed by atoms with Crippen LogP contribution < -0.4 is 10.5 Å². The van der Waals surface area contributed by atoms with Crippen molar-refractivity contribution in [1.82, 2.24) is 9.55 Å². The molecule has 1 aromatic rings. The lowest BCUT2D eigenvalue weighted by Gasteiger charge is -2.27. The van der Waals surface area contributed by atoms with Gasteiger partial charge in [0.2, 0.25) is 0 Å². The first kappa shape index (κ1) is 13.7. The maximum Gasteiger partial charge on any atom is 0.293 e. The third-order valence-corrected chi connectivity index (χ3v) is 2.69. The third-order valence-electron chi connectivity index (χ3n) is 2.69. The zero-order valence-electron chi connectivity index (χ0n) is 10.8. The quantitative estimate of drug-likeness (QED) is 0.800. The monoisotopic (exact) mass is 239 g/mol. The van der Waals surface area contributed by atoms with Gasteiger partial charge in [-0.2, -0.15) is 0 Å². The lowest BCUT2D eigenvalue weighted by Crippen LogP contribution is -2.38. The summed E-state index contributed by atoms with van der Waals surface area (Å²) in [5.74, 6) is 0.470. The Balaban J connectivity index is 3.05. The first-order valence-corrected chi connectivity index (χ1v) is 6.04. The van der Waals surface area contributed by atoms with Crippen LogP contribution in [0.25, 0.3) is 0 Å². The lowest BCUT2D eigenvalue weighted by atomic mass is 10.3.